The maximum Gasteiger partial charge on any atom is 0.161 e. The van der Waals surface area contributed by atoms with Crippen molar-refractivity contribution < 1.29 is 9.47 Å². The second-order valence-corrected chi connectivity index (χ2v) is 4.75. The van der Waals surface area contributed by atoms with Crippen LogP contribution in [0, 0.1) is 0 Å². The van der Waals surface area contributed by atoms with E-state index in [-0.39, 0.29) is 24.8 Å². The van der Waals surface area contributed by atoms with Gasteiger partial charge in [0, 0.05) is 6.54 Å². The van der Waals surface area contributed by atoms with Crippen molar-refractivity contribution in [3.63, 3.8) is 0 Å². The van der Waals surface area contributed by atoms with Crippen molar-refractivity contribution in [2.45, 2.75) is 26.8 Å². The number of hydrogen-bond acceptors (Lipinski definition) is 4. The van der Waals surface area contributed by atoms with Crippen LogP contribution in [0.3, 0.4) is 0 Å². The van der Waals surface area contributed by atoms with Crippen LogP contribution in [0.4, 0.5) is 0 Å². The average molecular weight is 353 g/mol. The third-order valence-corrected chi connectivity index (χ3v) is 3.50. The average Bonchev–Trinajstić information content (AvgIpc) is 2.50. The first-order valence-corrected chi connectivity index (χ1v) is 7.39. The molecule has 0 aromatic heterocycles. The number of benzene rings is 1. The lowest BCUT2D eigenvalue weighted by molar-refractivity contribution is 0.298. The van der Waals surface area contributed by atoms with Gasteiger partial charge in [0.05, 0.1) is 14.2 Å². The Hall–Kier alpha value is -0.680. The van der Waals surface area contributed by atoms with Crippen LogP contribution < -0.4 is 14.8 Å². The third kappa shape index (κ3) is 8.08. The number of hydrogen-bond donors (Lipinski definition) is 1. The molecule has 130 valence electrons. The van der Waals surface area contributed by atoms with E-state index in [1.165, 1.54) is 12.0 Å². The van der Waals surface area contributed by atoms with Gasteiger partial charge in [0.2, 0.25) is 0 Å². The minimum atomic E-state index is 0. The molecule has 0 amide bonds. The van der Waals surface area contributed by atoms with Gasteiger partial charge in [-0.3, -0.25) is 0 Å². The minimum absolute atomic E-state index is 0. The van der Waals surface area contributed by atoms with Crippen LogP contribution in [0.25, 0.3) is 0 Å². The van der Waals surface area contributed by atoms with E-state index in [2.05, 4.69) is 30.1 Å². The number of nitrogens with zero attached hydrogens (tertiary/aromatic N) is 1. The van der Waals surface area contributed by atoms with Gasteiger partial charge in [-0.2, -0.15) is 0 Å². The van der Waals surface area contributed by atoms with E-state index in [1.54, 1.807) is 14.2 Å². The molecule has 4 nitrogen and oxygen atoms in total. The Bertz CT molecular complexity index is 388. The van der Waals surface area contributed by atoms with Crippen LogP contribution in [0.15, 0.2) is 18.2 Å². The lowest BCUT2D eigenvalue weighted by Crippen LogP contribution is -2.27. The van der Waals surface area contributed by atoms with E-state index in [4.69, 9.17) is 9.47 Å². The molecule has 0 spiro atoms. The van der Waals surface area contributed by atoms with E-state index in [0.29, 0.717) is 0 Å². The molecular formula is C16H30Cl2N2O2. The lowest BCUT2D eigenvalue weighted by atomic mass is 10.2. The molecule has 0 heterocycles. The highest BCUT2D eigenvalue weighted by Crippen LogP contribution is 2.27. The van der Waals surface area contributed by atoms with E-state index in [1.807, 2.05) is 12.1 Å². The summed E-state index contributed by atoms with van der Waals surface area (Å²) in [5.41, 5.74) is 1.21. The van der Waals surface area contributed by atoms with Crippen LogP contribution in [0.5, 0.6) is 11.5 Å². The van der Waals surface area contributed by atoms with Crippen molar-refractivity contribution >= 4 is 24.8 Å². The maximum absolute atomic E-state index is 5.31. The first-order valence-electron chi connectivity index (χ1n) is 7.39. The molecular weight excluding hydrogens is 323 g/mol. The highest BCUT2D eigenvalue weighted by molar-refractivity contribution is 5.85. The van der Waals surface area contributed by atoms with E-state index < -0.39 is 0 Å². The highest BCUT2D eigenvalue weighted by atomic mass is 35.5. The predicted molar refractivity (Wildman–Crippen MR) is 98.2 cm³/mol. The summed E-state index contributed by atoms with van der Waals surface area (Å²) in [7, 11) is 3.32. The van der Waals surface area contributed by atoms with Crippen molar-refractivity contribution in [1.29, 1.82) is 0 Å². The number of rotatable bonds is 10. The van der Waals surface area contributed by atoms with Gasteiger partial charge in [-0.1, -0.05) is 19.9 Å². The minimum Gasteiger partial charge on any atom is -0.493 e. The third-order valence-electron chi connectivity index (χ3n) is 3.50. The Balaban J connectivity index is 0. The number of methoxy groups -OCH3 is 2. The fraction of sp³-hybridized carbons (Fsp3) is 0.625. The number of nitrogens with one attached hydrogen (secondary N) is 1. The second-order valence-electron chi connectivity index (χ2n) is 4.75. The van der Waals surface area contributed by atoms with Crippen molar-refractivity contribution in [3.05, 3.63) is 23.8 Å². The molecule has 0 bridgehead atoms. The molecule has 1 N–H and O–H groups in total. The molecule has 0 atom stereocenters. The summed E-state index contributed by atoms with van der Waals surface area (Å²) in [6.07, 6.45) is 1.18. The quantitative estimate of drug-likeness (QED) is 0.654. The summed E-state index contributed by atoms with van der Waals surface area (Å²) in [5, 5.41) is 3.47. The van der Waals surface area contributed by atoms with Gasteiger partial charge in [0.15, 0.2) is 11.5 Å². The van der Waals surface area contributed by atoms with E-state index in [9.17, 15) is 0 Å². The molecule has 1 aromatic carbocycles. The fourth-order valence-corrected chi connectivity index (χ4v) is 2.19. The topological polar surface area (TPSA) is 33.7 Å². The molecule has 0 fully saturated rings. The molecule has 0 radical (unpaired) electrons. The Morgan fingerprint density at radius 1 is 1.00 bits per heavy atom. The zero-order valence-corrected chi connectivity index (χ0v) is 15.7. The standard InChI is InChI=1S/C16H28N2O2.2ClH/c1-5-18(6-2)11-7-10-17-13-14-8-9-15(19-3)16(12-14)20-4;;/h8-9,12,17H,5-7,10-11,13H2,1-4H3;2*1H. The van der Waals surface area contributed by atoms with Crippen molar-refractivity contribution in [3.8, 4) is 11.5 Å². The van der Waals surface area contributed by atoms with Crippen LogP contribution in [0.2, 0.25) is 0 Å². The Kier molecular flexibility index (Phi) is 15.0. The predicted octanol–water partition coefficient (Wildman–Crippen LogP) is 3.37. The van der Waals surface area contributed by atoms with Crippen molar-refractivity contribution in [2.24, 2.45) is 0 Å². The molecule has 0 aliphatic carbocycles. The summed E-state index contributed by atoms with van der Waals surface area (Å²) in [6.45, 7) is 9.73. The Morgan fingerprint density at radius 2 is 1.64 bits per heavy atom. The number of halogens is 2. The first-order chi connectivity index (χ1) is 9.74. The molecule has 0 aliphatic rings. The molecule has 0 unspecified atom stereocenters. The van der Waals surface area contributed by atoms with Crippen molar-refractivity contribution in [1.82, 2.24) is 10.2 Å². The summed E-state index contributed by atoms with van der Waals surface area (Å²) in [4.78, 5) is 2.44. The zero-order valence-electron chi connectivity index (χ0n) is 14.1. The molecule has 6 heteroatoms. The van der Waals surface area contributed by atoms with E-state index in [0.717, 1.165) is 44.2 Å². The second kappa shape index (κ2) is 13.9. The zero-order chi connectivity index (χ0) is 14.8. The van der Waals surface area contributed by atoms with Crippen LogP contribution in [-0.2, 0) is 6.54 Å². The smallest absolute Gasteiger partial charge is 0.161 e. The van der Waals surface area contributed by atoms with Gasteiger partial charge in [0.25, 0.3) is 0 Å². The van der Waals surface area contributed by atoms with Crippen LogP contribution in [-0.4, -0.2) is 45.3 Å². The number of ether oxygens (including phenoxy) is 2. The van der Waals surface area contributed by atoms with Gasteiger partial charge in [-0.15, -0.1) is 24.8 Å². The molecule has 0 saturated heterocycles. The molecule has 1 rings (SSSR count). The SMILES string of the molecule is CCN(CC)CCCNCc1ccc(OC)c(OC)c1.Cl.Cl. The highest BCUT2D eigenvalue weighted by Gasteiger charge is 2.04. The normalized spacial score (nSPS) is 9.86. The van der Waals surface area contributed by atoms with E-state index >= 15 is 0 Å². The summed E-state index contributed by atoms with van der Waals surface area (Å²) >= 11 is 0. The molecule has 0 saturated carbocycles. The van der Waals surface area contributed by atoms with Crippen LogP contribution >= 0.6 is 24.8 Å². The van der Waals surface area contributed by atoms with Crippen molar-refractivity contribution in [2.75, 3.05) is 40.4 Å². The largest absolute Gasteiger partial charge is 0.493 e. The summed E-state index contributed by atoms with van der Waals surface area (Å²) in [5.74, 6) is 1.56. The van der Waals surface area contributed by atoms with Crippen LogP contribution in [0.1, 0.15) is 25.8 Å². The maximum atomic E-state index is 5.31. The Labute approximate surface area is 147 Å². The molecule has 22 heavy (non-hydrogen) atoms. The molecule has 1 aromatic rings. The first kappa shape index (κ1) is 23.6. The van der Waals surface area contributed by atoms with Gasteiger partial charge >= 0.3 is 0 Å². The van der Waals surface area contributed by atoms with Gasteiger partial charge < -0.3 is 19.7 Å². The molecule has 0 aliphatic heterocycles. The van der Waals surface area contributed by atoms with Gasteiger partial charge in [0.1, 0.15) is 0 Å². The monoisotopic (exact) mass is 352 g/mol. The summed E-state index contributed by atoms with van der Waals surface area (Å²) in [6, 6.07) is 6.04. The lowest BCUT2D eigenvalue weighted by Gasteiger charge is -2.17. The van der Waals surface area contributed by atoms with Gasteiger partial charge in [-0.05, 0) is 50.3 Å². The Morgan fingerprint density at radius 3 is 2.18 bits per heavy atom. The fourth-order valence-electron chi connectivity index (χ4n) is 2.19. The van der Waals surface area contributed by atoms with Gasteiger partial charge in [-0.25, -0.2) is 0 Å². The summed E-state index contributed by atoms with van der Waals surface area (Å²) < 4.78 is 10.5.